The van der Waals surface area contributed by atoms with Gasteiger partial charge in [0.2, 0.25) is 0 Å². The summed E-state index contributed by atoms with van der Waals surface area (Å²) < 4.78 is 0. The van der Waals surface area contributed by atoms with E-state index in [1.54, 1.807) is 0 Å². The first-order valence-electron chi connectivity index (χ1n) is 6.58. The van der Waals surface area contributed by atoms with Gasteiger partial charge in [-0.05, 0) is 24.8 Å². The van der Waals surface area contributed by atoms with E-state index in [0.717, 1.165) is 37.7 Å². The Bertz CT molecular complexity index is 388. The Morgan fingerprint density at radius 2 is 1.76 bits per heavy atom. The van der Waals surface area contributed by atoms with Crippen LogP contribution in [0.5, 0.6) is 0 Å². The van der Waals surface area contributed by atoms with Crippen molar-refractivity contribution in [2.24, 2.45) is 5.73 Å². The SMILES string of the molecule is CCc1ccc(C(=O)C2(N)CCCCC2)cc1. The zero-order valence-electron chi connectivity index (χ0n) is 10.5. The molecule has 92 valence electrons. The molecule has 2 rings (SSSR count). The number of hydrogen-bond acceptors (Lipinski definition) is 2. The molecule has 2 nitrogen and oxygen atoms in total. The van der Waals surface area contributed by atoms with Crippen LogP contribution in [0.15, 0.2) is 24.3 Å². The first-order chi connectivity index (χ1) is 8.15. The molecule has 0 heterocycles. The van der Waals surface area contributed by atoms with Crippen molar-refractivity contribution in [3.05, 3.63) is 35.4 Å². The van der Waals surface area contributed by atoms with Crippen LogP contribution in [0.25, 0.3) is 0 Å². The molecule has 0 unspecified atom stereocenters. The van der Waals surface area contributed by atoms with Crippen molar-refractivity contribution in [2.75, 3.05) is 0 Å². The van der Waals surface area contributed by atoms with Gasteiger partial charge >= 0.3 is 0 Å². The third kappa shape index (κ3) is 2.58. The second-order valence-corrected chi connectivity index (χ2v) is 5.10. The number of Topliss-reactive ketones (excluding diaryl/α,β-unsaturated/α-hetero) is 1. The lowest BCUT2D eigenvalue weighted by Gasteiger charge is -2.31. The second kappa shape index (κ2) is 5.01. The van der Waals surface area contributed by atoms with E-state index < -0.39 is 5.54 Å². The van der Waals surface area contributed by atoms with Crippen molar-refractivity contribution in [2.45, 2.75) is 51.0 Å². The lowest BCUT2D eigenvalue weighted by molar-refractivity contribution is 0.0848. The number of nitrogens with two attached hydrogens (primary N) is 1. The predicted octanol–water partition coefficient (Wildman–Crippen LogP) is 3.09. The van der Waals surface area contributed by atoms with Crippen molar-refractivity contribution >= 4 is 5.78 Å². The first-order valence-corrected chi connectivity index (χ1v) is 6.58. The highest BCUT2D eigenvalue weighted by molar-refractivity contribution is 6.03. The standard InChI is InChI=1S/C15H21NO/c1-2-12-6-8-13(9-7-12)14(17)15(16)10-4-3-5-11-15/h6-9H,2-5,10-11,16H2,1H3. The quantitative estimate of drug-likeness (QED) is 0.812. The first kappa shape index (κ1) is 12.3. The molecule has 17 heavy (non-hydrogen) atoms. The summed E-state index contributed by atoms with van der Waals surface area (Å²) in [6.07, 6.45) is 6.04. The number of carbonyl (C=O) groups excluding carboxylic acids is 1. The third-order valence-electron chi connectivity index (χ3n) is 3.82. The molecular formula is C15H21NO. The molecule has 1 aromatic rings. The maximum atomic E-state index is 12.4. The van der Waals surface area contributed by atoms with Crippen molar-refractivity contribution in [1.82, 2.24) is 0 Å². The lowest BCUT2D eigenvalue weighted by Crippen LogP contribution is -2.49. The van der Waals surface area contributed by atoms with Crippen molar-refractivity contribution < 1.29 is 4.79 Å². The third-order valence-corrected chi connectivity index (χ3v) is 3.82. The number of carbonyl (C=O) groups is 1. The molecule has 2 N–H and O–H groups in total. The highest BCUT2D eigenvalue weighted by atomic mass is 16.1. The molecule has 1 saturated carbocycles. The van der Waals surface area contributed by atoms with Gasteiger partial charge in [0.1, 0.15) is 0 Å². The van der Waals surface area contributed by atoms with E-state index >= 15 is 0 Å². The molecule has 1 aromatic carbocycles. The van der Waals surface area contributed by atoms with E-state index in [2.05, 4.69) is 6.92 Å². The Labute approximate surface area is 103 Å². The molecule has 1 fully saturated rings. The Hall–Kier alpha value is -1.15. The maximum absolute atomic E-state index is 12.4. The van der Waals surface area contributed by atoms with Crippen molar-refractivity contribution in [3.63, 3.8) is 0 Å². The van der Waals surface area contributed by atoms with Gasteiger partial charge in [-0.15, -0.1) is 0 Å². The Balaban J connectivity index is 2.17. The van der Waals surface area contributed by atoms with Gasteiger partial charge in [-0.3, -0.25) is 4.79 Å². The number of rotatable bonds is 3. The zero-order chi connectivity index (χ0) is 12.3. The summed E-state index contributed by atoms with van der Waals surface area (Å²) in [5.74, 6) is 0.125. The summed E-state index contributed by atoms with van der Waals surface area (Å²) in [4.78, 5) is 12.4. The fraction of sp³-hybridized carbons (Fsp3) is 0.533. The van der Waals surface area contributed by atoms with Crippen molar-refractivity contribution in [1.29, 1.82) is 0 Å². The van der Waals surface area contributed by atoms with Crippen LogP contribution in [0.4, 0.5) is 0 Å². The van der Waals surface area contributed by atoms with Crippen LogP contribution < -0.4 is 5.73 Å². The fourth-order valence-corrected chi connectivity index (χ4v) is 2.59. The molecule has 0 saturated heterocycles. The Morgan fingerprint density at radius 3 is 2.29 bits per heavy atom. The van der Waals surface area contributed by atoms with Gasteiger partial charge in [0.05, 0.1) is 5.54 Å². The number of aryl methyl sites for hydroxylation is 1. The monoisotopic (exact) mass is 231 g/mol. The van der Waals surface area contributed by atoms with Gasteiger partial charge in [0, 0.05) is 5.56 Å². The molecule has 0 amide bonds. The molecule has 0 radical (unpaired) electrons. The summed E-state index contributed by atoms with van der Waals surface area (Å²) in [7, 11) is 0. The van der Waals surface area contributed by atoms with Gasteiger partial charge in [-0.25, -0.2) is 0 Å². The number of hydrogen-bond donors (Lipinski definition) is 1. The predicted molar refractivity (Wildman–Crippen MR) is 70.2 cm³/mol. The topological polar surface area (TPSA) is 43.1 Å². The number of ketones is 1. The van der Waals surface area contributed by atoms with Crippen LogP contribution in [-0.4, -0.2) is 11.3 Å². The molecule has 2 heteroatoms. The summed E-state index contributed by atoms with van der Waals surface area (Å²) in [5, 5.41) is 0. The summed E-state index contributed by atoms with van der Waals surface area (Å²) in [6.45, 7) is 2.11. The Morgan fingerprint density at radius 1 is 1.18 bits per heavy atom. The average Bonchev–Trinajstić information content (AvgIpc) is 2.39. The molecule has 0 atom stereocenters. The van der Waals surface area contributed by atoms with Gasteiger partial charge in [0.25, 0.3) is 0 Å². The highest BCUT2D eigenvalue weighted by Crippen LogP contribution is 2.29. The lowest BCUT2D eigenvalue weighted by atomic mass is 9.77. The van der Waals surface area contributed by atoms with Crippen molar-refractivity contribution in [3.8, 4) is 0 Å². The molecular weight excluding hydrogens is 210 g/mol. The van der Waals surface area contributed by atoms with E-state index in [4.69, 9.17) is 5.73 Å². The maximum Gasteiger partial charge on any atom is 0.182 e. The van der Waals surface area contributed by atoms with Gasteiger partial charge < -0.3 is 5.73 Å². The second-order valence-electron chi connectivity index (χ2n) is 5.10. The molecule has 0 aromatic heterocycles. The number of benzene rings is 1. The van der Waals surface area contributed by atoms with E-state index in [1.165, 1.54) is 12.0 Å². The average molecular weight is 231 g/mol. The Kier molecular flexibility index (Phi) is 3.63. The highest BCUT2D eigenvalue weighted by Gasteiger charge is 2.35. The van der Waals surface area contributed by atoms with Crippen LogP contribution in [-0.2, 0) is 6.42 Å². The smallest absolute Gasteiger partial charge is 0.182 e. The van der Waals surface area contributed by atoms with E-state index in [1.807, 2.05) is 24.3 Å². The molecule has 0 spiro atoms. The minimum atomic E-state index is -0.605. The van der Waals surface area contributed by atoms with Crippen LogP contribution >= 0.6 is 0 Å². The normalized spacial score (nSPS) is 18.9. The summed E-state index contributed by atoms with van der Waals surface area (Å²) in [5.41, 5.74) is 7.68. The molecule has 0 aliphatic heterocycles. The van der Waals surface area contributed by atoms with Crippen LogP contribution in [0.1, 0.15) is 54.9 Å². The van der Waals surface area contributed by atoms with Gasteiger partial charge in [-0.1, -0.05) is 50.5 Å². The van der Waals surface area contributed by atoms with E-state index in [0.29, 0.717) is 0 Å². The van der Waals surface area contributed by atoms with Crippen LogP contribution in [0, 0.1) is 0 Å². The van der Waals surface area contributed by atoms with E-state index in [9.17, 15) is 4.79 Å². The summed E-state index contributed by atoms with van der Waals surface area (Å²) >= 11 is 0. The summed E-state index contributed by atoms with van der Waals surface area (Å²) in [6, 6.07) is 7.90. The van der Waals surface area contributed by atoms with E-state index in [-0.39, 0.29) is 5.78 Å². The minimum Gasteiger partial charge on any atom is -0.319 e. The van der Waals surface area contributed by atoms with Gasteiger partial charge in [0.15, 0.2) is 5.78 Å². The van der Waals surface area contributed by atoms with Crippen LogP contribution in [0.3, 0.4) is 0 Å². The molecule has 0 bridgehead atoms. The molecule has 1 aliphatic carbocycles. The minimum absolute atomic E-state index is 0.125. The van der Waals surface area contributed by atoms with Gasteiger partial charge in [-0.2, -0.15) is 0 Å². The zero-order valence-corrected chi connectivity index (χ0v) is 10.5. The molecule has 1 aliphatic rings. The largest absolute Gasteiger partial charge is 0.319 e. The van der Waals surface area contributed by atoms with Crippen LogP contribution in [0.2, 0.25) is 0 Å². The fourth-order valence-electron chi connectivity index (χ4n) is 2.59.